The van der Waals surface area contributed by atoms with Crippen molar-refractivity contribution in [3.05, 3.63) is 59.7 Å². The van der Waals surface area contributed by atoms with Crippen molar-refractivity contribution in [1.82, 2.24) is 15.7 Å². The summed E-state index contributed by atoms with van der Waals surface area (Å²) in [4.78, 5) is 38.7. The number of halogens is 3. The molecule has 224 valence electrons. The zero-order valence-electron chi connectivity index (χ0n) is 23.4. The fourth-order valence-electron chi connectivity index (χ4n) is 4.96. The van der Waals surface area contributed by atoms with Gasteiger partial charge in [0.1, 0.15) is 5.75 Å². The Balaban J connectivity index is 1.71. The highest BCUT2D eigenvalue weighted by atomic mass is 19.4. The predicted molar refractivity (Wildman–Crippen MR) is 146 cm³/mol. The summed E-state index contributed by atoms with van der Waals surface area (Å²) in [6.07, 6.45) is -1.31. The summed E-state index contributed by atoms with van der Waals surface area (Å²) in [5.41, 5.74) is 3.17. The van der Waals surface area contributed by atoms with Gasteiger partial charge >= 0.3 is 12.4 Å². The molecule has 1 aliphatic rings. The molecule has 3 rings (SSSR count). The van der Waals surface area contributed by atoms with Crippen molar-refractivity contribution in [2.45, 2.75) is 71.8 Å². The SMILES string of the molecule is CC(C)(C)[C@H]1CC[C@H](N(Cc2ccc(C(=O)NCCC(=O)NO)cc2)C(=O)Nc2ccc(OC(F)(F)F)cc2)CC1. The fraction of sp³-hybridized carbons (Fsp3) is 0.483. The van der Waals surface area contributed by atoms with Crippen molar-refractivity contribution in [1.29, 1.82) is 0 Å². The quantitative estimate of drug-likeness (QED) is 0.220. The molecule has 4 amide bonds. The molecule has 0 saturated heterocycles. The van der Waals surface area contributed by atoms with E-state index in [0.29, 0.717) is 17.2 Å². The number of anilines is 1. The van der Waals surface area contributed by atoms with Crippen LogP contribution in [0.5, 0.6) is 5.75 Å². The van der Waals surface area contributed by atoms with Gasteiger partial charge in [0.25, 0.3) is 5.91 Å². The molecule has 9 nitrogen and oxygen atoms in total. The van der Waals surface area contributed by atoms with Gasteiger partial charge in [-0.15, -0.1) is 13.2 Å². The highest BCUT2D eigenvalue weighted by Gasteiger charge is 2.34. The summed E-state index contributed by atoms with van der Waals surface area (Å²) in [5.74, 6) is -0.837. The maximum absolute atomic E-state index is 13.5. The van der Waals surface area contributed by atoms with E-state index in [0.717, 1.165) is 43.4 Å². The third-order valence-electron chi connectivity index (χ3n) is 7.29. The zero-order valence-corrected chi connectivity index (χ0v) is 23.4. The third-order valence-corrected chi connectivity index (χ3v) is 7.29. The molecule has 1 fully saturated rings. The summed E-state index contributed by atoms with van der Waals surface area (Å²) in [5, 5.41) is 13.9. The summed E-state index contributed by atoms with van der Waals surface area (Å²) >= 11 is 0. The standard InChI is InChI=1S/C29H37F3N4O5/c1-28(2,3)21-8-12-23(13-9-21)36(27(39)34-22-10-14-24(15-11-22)41-29(30,31)32)18-19-4-6-20(7-5-19)26(38)33-17-16-25(37)35-40/h4-7,10-11,14-15,21,23,40H,8-9,12-13,16-18H2,1-3H3,(H,33,38)(H,34,39)(H,35,37)/t21-,23-. The molecule has 0 atom stereocenters. The average Bonchev–Trinajstić information content (AvgIpc) is 2.91. The number of benzene rings is 2. The first kappa shape index (κ1) is 31.7. The first-order valence-corrected chi connectivity index (χ1v) is 13.5. The predicted octanol–water partition coefficient (Wildman–Crippen LogP) is 5.85. The Morgan fingerprint density at radius 1 is 0.951 bits per heavy atom. The Morgan fingerprint density at radius 3 is 2.10 bits per heavy atom. The Hall–Kier alpha value is -3.80. The number of hydroxylamine groups is 1. The lowest BCUT2D eigenvalue weighted by Gasteiger charge is -2.41. The first-order valence-electron chi connectivity index (χ1n) is 13.5. The molecule has 41 heavy (non-hydrogen) atoms. The minimum atomic E-state index is -4.81. The van der Waals surface area contributed by atoms with Crippen molar-refractivity contribution < 1.29 is 37.5 Å². The highest BCUT2D eigenvalue weighted by molar-refractivity contribution is 5.94. The summed E-state index contributed by atoms with van der Waals surface area (Å²) < 4.78 is 41.4. The number of carbonyl (C=O) groups excluding carboxylic acids is 3. The molecule has 1 saturated carbocycles. The topological polar surface area (TPSA) is 120 Å². The number of amides is 4. The van der Waals surface area contributed by atoms with Gasteiger partial charge < -0.3 is 20.3 Å². The Bertz CT molecular complexity index is 1170. The molecule has 2 aromatic rings. The monoisotopic (exact) mass is 578 g/mol. The van der Waals surface area contributed by atoms with Gasteiger partial charge in [-0.1, -0.05) is 32.9 Å². The van der Waals surface area contributed by atoms with Gasteiger partial charge in [-0.25, -0.2) is 10.3 Å². The van der Waals surface area contributed by atoms with Crippen LogP contribution in [0, 0.1) is 11.3 Å². The molecule has 0 aliphatic heterocycles. The van der Waals surface area contributed by atoms with Crippen LogP contribution in [-0.4, -0.2) is 46.9 Å². The number of urea groups is 1. The number of rotatable bonds is 9. The molecule has 0 unspecified atom stereocenters. The molecule has 0 heterocycles. The minimum Gasteiger partial charge on any atom is -0.406 e. The normalized spacial score (nSPS) is 17.3. The fourth-order valence-corrected chi connectivity index (χ4v) is 4.96. The maximum Gasteiger partial charge on any atom is 0.573 e. The van der Waals surface area contributed by atoms with Gasteiger partial charge in [-0.05, 0) is 79.0 Å². The van der Waals surface area contributed by atoms with Gasteiger partial charge in [0.15, 0.2) is 0 Å². The largest absolute Gasteiger partial charge is 0.573 e. The number of alkyl halides is 3. The lowest BCUT2D eigenvalue weighted by atomic mass is 9.71. The summed E-state index contributed by atoms with van der Waals surface area (Å²) in [6, 6.07) is 11.3. The smallest absolute Gasteiger partial charge is 0.406 e. The van der Waals surface area contributed by atoms with E-state index in [4.69, 9.17) is 5.21 Å². The van der Waals surface area contributed by atoms with Crippen molar-refractivity contribution in [3.63, 3.8) is 0 Å². The van der Waals surface area contributed by atoms with Crippen molar-refractivity contribution >= 4 is 23.5 Å². The molecule has 4 N–H and O–H groups in total. The van der Waals surface area contributed by atoms with Crippen LogP contribution in [0.2, 0.25) is 0 Å². The molecule has 0 radical (unpaired) electrons. The highest BCUT2D eigenvalue weighted by Crippen LogP contribution is 2.39. The van der Waals surface area contributed by atoms with Gasteiger partial charge in [0.05, 0.1) is 0 Å². The molecule has 1 aliphatic carbocycles. The van der Waals surface area contributed by atoms with Crippen LogP contribution in [0.15, 0.2) is 48.5 Å². The van der Waals surface area contributed by atoms with Crippen LogP contribution in [0.4, 0.5) is 23.7 Å². The molecular weight excluding hydrogens is 541 g/mol. The number of hydrogen-bond acceptors (Lipinski definition) is 5. The molecule has 2 aromatic carbocycles. The van der Waals surface area contributed by atoms with Crippen LogP contribution >= 0.6 is 0 Å². The average molecular weight is 579 g/mol. The van der Waals surface area contributed by atoms with Gasteiger partial charge in [0.2, 0.25) is 5.91 Å². The van der Waals surface area contributed by atoms with E-state index in [9.17, 15) is 27.6 Å². The summed E-state index contributed by atoms with van der Waals surface area (Å²) in [7, 11) is 0. The molecule has 0 bridgehead atoms. The summed E-state index contributed by atoms with van der Waals surface area (Å²) in [6.45, 7) is 6.97. The van der Waals surface area contributed by atoms with E-state index in [1.807, 2.05) is 0 Å². The van der Waals surface area contributed by atoms with Crippen LogP contribution in [0.3, 0.4) is 0 Å². The minimum absolute atomic E-state index is 0.0397. The Labute approximate surface area is 237 Å². The van der Waals surface area contributed by atoms with E-state index < -0.39 is 12.3 Å². The van der Waals surface area contributed by atoms with Crippen molar-refractivity contribution in [3.8, 4) is 5.75 Å². The van der Waals surface area contributed by atoms with E-state index in [-0.39, 0.29) is 48.7 Å². The van der Waals surface area contributed by atoms with Gasteiger partial charge in [0, 0.05) is 36.8 Å². The van der Waals surface area contributed by atoms with Gasteiger partial charge in [-0.2, -0.15) is 0 Å². The maximum atomic E-state index is 13.5. The Kier molecular flexibility index (Phi) is 10.6. The van der Waals surface area contributed by atoms with Crippen LogP contribution in [-0.2, 0) is 11.3 Å². The van der Waals surface area contributed by atoms with Crippen molar-refractivity contribution in [2.75, 3.05) is 11.9 Å². The first-order chi connectivity index (χ1) is 19.2. The molecule has 0 spiro atoms. The van der Waals surface area contributed by atoms with Crippen LogP contribution in [0.1, 0.15) is 68.8 Å². The number of carbonyl (C=O) groups is 3. The zero-order chi connectivity index (χ0) is 30.2. The number of ether oxygens (including phenoxy) is 1. The van der Waals surface area contributed by atoms with Crippen molar-refractivity contribution in [2.24, 2.45) is 11.3 Å². The molecule has 12 heteroatoms. The van der Waals surface area contributed by atoms with E-state index in [1.54, 1.807) is 29.2 Å². The Morgan fingerprint density at radius 2 is 1.56 bits per heavy atom. The van der Waals surface area contributed by atoms with E-state index in [2.05, 4.69) is 36.1 Å². The second kappa shape index (κ2) is 13.7. The number of nitrogens with one attached hydrogen (secondary N) is 3. The lowest BCUT2D eigenvalue weighted by molar-refractivity contribution is -0.274. The molecule has 0 aromatic heterocycles. The van der Waals surface area contributed by atoms with Gasteiger partial charge in [-0.3, -0.25) is 14.8 Å². The second-order valence-electron chi connectivity index (χ2n) is 11.2. The van der Waals surface area contributed by atoms with Crippen LogP contribution in [0.25, 0.3) is 0 Å². The van der Waals surface area contributed by atoms with E-state index >= 15 is 0 Å². The second-order valence-corrected chi connectivity index (χ2v) is 11.2. The lowest BCUT2D eigenvalue weighted by Crippen LogP contribution is -2.45. The number of nitrogens with zero attached hydrogens (tertiary/aromatic N) is 1. The number of hydrogen-bond donors (Lipinski definition) is 4. The van der Waals surface area contributed by atoms with Crippen LogP contribution < -0.4 is 20.9 Å². The molecular formula is C29H37F3N4O5. The van der Waals surface area contributed by atoms with E-state index in [1.165, 1.54) is 17.6 Å². The third kappa shape index (κ3) is 9.96.